The van der Waals surface area contributed by atoms with Crippen molar-refractivity contribution in [2.75, 3.05) is 25.1 Å². The SMILES string of the molecule is CCCCCCCCNc1cc2c(cc1Br)OCCO2. The Morgan fingerprint density at radius 1 is 1.00 bits per heavy atom. The number of hydrogen-bond acceptors (Lipinski definition) is 3. The number of anilines is 1. The largest absolute Gasteiger partial charge is 0.486 e. The van der Waals surface area contributed by atoms with Crippen LogP contribution in [0.15, 0.2) is 16.6 Å². The van der Waals surface area contributed by atoms with Gasteiger partial charge < -0.3 is 14.8 Å². The molecule has 4 heteroatoms. The van der Waals surface area contributed by atoms with Crippen molar-refractivity contribution in [1.29, 1.82) is 0 Å². The van der Waals surface area contributed by atoms with Crippen LogP contribution in [0.5, 0.6) is 11.5 Å². The molecule has 0 aromatic heterocycles. The molecule has 1 aliphatic heterocycles. The summed E-state index contributed by atoms with van der Waals surface area (Å²) in [5.74, 6) is 1.66. The molecule has 0 aliphatic carbocycles. The maximum atomic E-state index is 5.61. The Balaban J connectivity index is 1.75. The molecule has 3 nitrogen and oxygen atoms in total. The predicted octanol–water partition coefficient (Wildman–Crippen LogP) is 4.99. The average molecular weight is 342 g/mol. The summed E-state index contributed by atoms with van der Waals surface area (Å²) in [6.45, 7) is 4.51. The highest BCUT2D eigenvalue weighted by molar-refractivity contribution is 9.10. The molecule has 0 saturated heterocycles. The van der Waals surface area contributed by atoms with Crippen LogP contribution < -0.4 is 14.8 Å². The summed E-state index contributed by atoms with van der Waals surface area (Å²) in [7, 11) is 0. The Labute approximate surface area is 130 Å². The van der Waals surface area contributed by atoms with Gasteiger partial charge in [-0.2, -0.15) is 0 Å². The third kappa shape index (κ3) is 4.58. The van der Waals surface area contributed by atoms with E-state index >= 15 is 0 Å². The highest BCUT2D eigenvalue weighted by Gasteiger charge is 2.14. The molecule has 0 amide bonds. The maximum Gasteiger partial charge on any atom is 0.163 e. The van der Waals surface area contributed by atoms with Crippen molar-refractivity contribution in [2.24, 2.45) is 0 Å². The summed E-state index contributed by atoms with van der Waals surface area (Å²) in [5, 5.41) is 3.47. The number of unbranched alkanes of at least 4 members (excludes halogenated alkanes) is 5. The first-order valence-corrected chi connectivity index (χ1v) is 8.43. The van der Waals surface area contributed by atoms with Gasteiger partial charge in [0.15, 0.2) is 11.5 Å². The van der Waals surface area contributed by atoms with E-state index in [2.05, 4.69) is 28.2 Å². The van der Waals surface area contributed by atoms with Crippen molar-refractivity contribution in [3.05, 3.63) is 16.6 Å². The van der Waals surface area contributed by atoms with E-state index in [4.69, 9.17) is 9.47 Å². The Morgan fingerprint density at radius 3 is 2.40 bits per heavy atom. The zero-order valence-corrected chi connectivity index (χ0v) is 13.8. The van der Waals surface area contributed by atoms with Gasteiger partial charge in [-0.3, -0.25) is 0 Å². The lowest BCUT2D eigenvalue weighted by Crippen LogP contribution is -2.15. The van der Waals surface area contributed by atoms with Crippen molar-refractivity contribution in [3.63, 3.8) is 0 Å². The number of benzene rings is 1. The molecule has 0 atom stereocenters. The lowest BCUT2D eigenvalue weighted by Gasteiger charge is -2.20. The number of halogens is 1. The molecule has 0 saturated carbocycles. The topological polar surface area (TPSA) is 30.5 Å². The van der Waals surface area contributed by atoms with E-state index in [1.54, 1.807) is 0 Å². The minimum atomic E-state index is 0.629. The van der Waals surface area contributed by atoms with Gasteiger partial charge in [0.25, 0.3) is 0 Å². The maximum absolute atomic E-state index is 5.61. The fraction of sp³-hybridized carbons (Fsp3) is 0.625. The summed E-state index contributed by atoms with van der Waals surface area (Å²) < 4.78 is 12.2. The molecule has 20 heavy (non-hydrogen) atoms. The van der Waals surface area contributed by atoms with Gasteiger partial charge in [0.1, 0.15) is 13.2 Å². The van der Waals surface area contributed by atoms with Crippen LogP contribution in [-0.2, 0) is 0 Å². The van der Waals surface area contributed by atoms with Crippen molar-refractivity contribution >= 4 is 21.6 Å². The first-order chi connectivity index (χ1) is 9.81. The van der Waals surface area contributed by atoms with Gasteiger partial charge in [0, 0.05) is 23.2 Å². The van der Waals surface area contributed by atoms with E-state index in [0.29, 0.717) is 13.2 Å². The molecule has 0 radical (unpaired) electrons. The molecule has 1 aromatic carbocycles. The standard InChI is InChI=1S/C16H24BrNO2/c1-2-3-4-5-6-7-8-18-14-12-16-15(11-13(14)17)19-9-10-20-16/h11-12,18H,2-10H2,1H3. The van der Waals surface area contributed by atoms with Crippen LogP contribution >= 0.6 is 15.9 Å². The summed E-state index contributed by atoms with van der Waals surface area (Å²) in [6.07, 6.45) is 7.89. The third-order valence-electron chi connectivity index (χ3n) is 3.48. The second kappa shape index (κ2) is 8.40. The zero-order chi connectivity index (χ0) is 14.2. The quantitative estimate of drug-likeness (QED) is 0.675. The zero-order valence-electron chi connectivity index (χ0n) is 12.2. The lowest BCUT2D eigenvalue weighted by atomic mass is 10.1. The minimum absolute atomic E-state index is 0.629. The summed E-state index contributed by atoms with van der Waals surface area (Å²) >= 11 is 3.58. The second-order valence-corrected chi connectivity index (χ2v) is 6.02. The number of nitrogens with one attached hydrogen (secondary N) is 1. The third-order valence-corrected chi connectivity index (χ3v) is 4.13. The molecular weight excluding hydrogens is 318 g/mol. The fourth-order valence-corrected chi connectivity index (χ4v) is 2.79. The normalized spacial score (nSPS) is 13.3. The smallest absolute Gasteiger partial charge is 0.163 e. The molecule has 2 rings (SSSR count). The minimum Gasteiger partial charge on any atom is -0.486 e. The molecule has 1 heterocycles. The van der Waals surface area contributed by atoms with E-state index in [0.717, 1.165) is 28.2 Å². The average Bonchev–Trinajstić information content (AvgIpc) is 2.46. The summed E-state index contributed by atoms with van der Waals surface area (Å²) in [4.78, 5) is 0. The highest BCUT2D eigenvalue weighted by Crippen LogP contribution is 2.38. The summed E-state index contributed by atoms with van der Waals surface area (Å²) in [6, 6.07) is 4.01. The van der Waals surface area contributed by atoms with Gasteiger partial charge in [0.2, 0.25) is 0 Å². The Bertz CT molecular complexity index is 423. The van der Waals surface area contributed by atoms with E-state index in [1.807, 2.05) is 12.1 Å². The van der Waals surface area contributed by atoms with Gasteiger partial charge >= 0.3 is 0 Å². The molecule has 1 aliphatic rings. The lowest BCUT2D eigenvalue weighted by molar-refractivity contribution is 0.171. The van der Waals surface area contributed by atoms with Gasteiger partial charge in [0.05, 0.1) is 5.69 Å². The first kappa shape index (κ1) is 15.5. The summed E-state index contributed by atoms with van der Waals surface area (Å²) in [5.41, 5.74) is 1.09. The van der Waals surface area contributed by atoms with E-state index in [-0.39, 0.29) is 0 Å². The van der Waals surface area contributed by atoms with Crippen molar-refractivity contribution in [2.45, 2.75) is 45.4 Å². The Morgan fingerprint density at radius 2 is 1.65 bits per heavy atom. The Kier molecular flexibility index (Phi) is 6.51. The van der Waals surface area contributed by atoms with Gasteiger partial charge in [-0.25, -0.2) is 0 Å². The van der Waals surface area contributed by atoms with Crippen LogP contribution in [0.3, 0.4) is 0 Å². The molecule has 0 bridgehead atoms. The number of fused-ring (bicyclic) bond motifs is 1. The van der Waals surface area contributed by atoms with Crippen LogP contribution in [0, 0.1) is 0 Å². The van der Waals surface area contributed by atoms with E-state index in [1.165, 1.54) is 38.5 Å². The van der Waals surface area contributed by atoms with Crippen LogP contribution in [0.1, 0.15) is 45.4 Å². The highest BCUT2D eigenvalue weighted by atomic mass is 79.9. The second-order valence-electron chi connectivity index (χ2n) is 5.17. The molecule has 1 N–H and O–H groups in total. The van der Waals surface area contributed by atoms with Crippen molar-refractivity contribution < 1.29 is 9.47 Å². The first-order valence-electron chi connectivity index (χ1n) is 7.64. The fourth-order valence-electron chi connectivity index (χ4n) is 2.33. The molecule has 0 spiro atoms. The monoisotopic (exact) mass is 341 g/mol. The molecule has 1 aromatic rings. The van der Waals surface area contributed by atoms with E-state index < -0.39 is 0 Å². The number of ether oxygens (including phenoxy) is 2. The number of rotatable bonds is 8. The van der Waals surface area contributed by atoms with E-state index in [9.17, 15) is 0 Å². The van der Waals surface area contributed by atoms with Crippen molar-refractivity contribution in [1.82, 2.24) is 0 Å². The van der Waals surface area contributed by atoms with Crippen LogP contribution in [0.4, 0.5) is 5.69 Å². The van der Waals surface area contributed by atoms with Crippen LogP contribution in [-0.4, -0.2) is 19.8 Å². The molecule has 0 unspecified atom stereocenters. The van der Waals surface area contributed by atoms with Crippen LogP contribution in [0.2, 0.25) is 0 Å². The molecular formula is C16H24BrNO2. The van der Waals surface area contributed by atoms with Crippen LogP contribution in [0.25, 0.3) is 0 Å². The molecule has 0 fully saturated rings. The van der Waals surface area contributed by atoms with Gasteiger partial charge in [-0.15, -0.1) is 0 Å². The van der Waals surface area contributed by atoms with Gasteiger partial charge in [-0.1, -0.05) is 39.0 Å². The van der Waals surface area contributed by atoms with Gasteiger partial charge in [-0.05, 0) is 22.4 Å². The number of hydrogen-bond donors (Lipinski definition) is 1. The predicted molar refractivity (Wildman–Crippen MR) is 87.0 cm³/mol. The Hall–Kier alpha value is -0.900. The molecule has 112 valence electrons. The van der Waals surface area contributed by atoms with Crippen molar-refractivity contribution in [3.8, 4) is 11.5 Å².